The maximum atomic E-state index is 11.5. The van der Waals surface area contributed by atoms with Crippen molar-refractivity contribution in [2.75, 3.05) is 25.5 Å². The highest BCUT2D eigenvalue weighted by Gasteiger charge is 2.24. The fraction of sp³-hybridized carbons (Fsp3) is 0.692. The average Bonchev–Trinajstić information content (AvgIpc) is 2.83. The quantitative estimate of drug-likeness (QED) is 0.838. The van der Waals surface area contributed by atoms with Crippen molar-refractivity contribution in [3.05, 3.63) is 12.0 Å². The number of likely N-dealkylation sites (tertiary alicyclic amines) is 1. The van der Waals surface area contributed by atoms with Gasteiger partial charge in [0.25, 0.3) is 6.01 Å². The van der Waals surface area contributed by atoms with Gasteiger partial charge in [-0.2, -0.15) is 4.98 Å². The third kappa shape index (κ3) is 3.47. The summed E-state index contributed by atoms with van der Waals surface area (Å²) in [5, 5.41) is 3.24. The summed E-state index contributed by atoms with van der Waals surface area (Å²) >= 11 is 0. The molecular weight excluding hydrogens is 246 g/mol. The smallest absolute Gasteiger partial charge is 0.360 e. The van der Waals surface area contributed by atoms with Gasteiger partial charge in [-0.15, -0.1) is 0 Å². The summed E-state index contributed by atoms with van der Waals surface area (Å²) in [4.78, 5) is 17.9. The second-order valence-corrected chi connectivity index (χ2v) is 4.95. The molecule has 0 aromatic carbocycles. The molecule has 2 unspecified atom stereocenters. The monoisotopic (exact) mass is 267 g/mol. The Morgan fingerprint density at radius 2 is 2.47 bits per heavy atom. The third-order valence-corrected chi connectivity index (χ3v) is 3.52. The topological polar surface area (TPSA) is 67.6 Å². The van der Waals surface area contributed by atoms with Crippen molar-refractivity contribution in [3.8, 4) is 0 Å². The molecule has 0 amide bonds. The van der Waals surface area contributed by atoms with Crippen LogP contribution in [0.15, 0.2) is 10.7 Å². The summed E-state index contributed by atoms with van der Waals surface area (Å²) in [5.74, 6) is -0.448. The Hall–Kier alpha value is -1.56. The molecule has 1 aliphatic heterocycles. The Kier molecular flexibility index (Phi) is 4.42. The fourth-order valence-electron chi connectivity index (χ4n) is 2.23. The Labute approximate surface area is 113 Å². The molecule has 0 radical (unpaired) electrons. The van der Waals surface area contributed by atoms with E-state index in [1.165, 1.54) is 6.26 Å². The number of carbonyl (C=O) groups excluding carboxylic acids is 1. The third-order valence-electron chi connectivity index (χ3n) is 3.52. The lowest BCUT2D eigenvalue weighted by molar-refractivity contribution is 0.0519. The average molecular weight is 267 g/mol. The zero-order valence-corrected chi connectivity index (χ0v) is 11.7. The first-order valence-corrected chi connectivity index (χ1v) is 6.69. The SMILES string of the molecule is CCOC(=O)c1coc(NC2CCN(C)C(C)C2)n1. The van der Waals surface area contributed by atoms with Gasteiger partial charge in [0.15, 0.2) is 5.69 Å². The first-order valence-electron chi connectivity index (χ1n) is 6.69. The van der Waals surface area contributed by atoms with Gasteiger partial charge in [-0.1, -0.05) is 0 Å². The van der Waals surface area contributed by atoms with Gasteiger partial charge in [-0.25, -0.2) is 4.79 Å². The number of carbonyl (C=O) groups is 1. The van der Waals surface area contributed by atoms with Crippen molar-refractivity contribution in [1.29, 1.82) is 0 Å². The number of nitrogens with zero attached hydrogens (tertiary/aromatic N) is 2. The molecule has 106 valence electrons. The number of oxazole rings is 1. The minimum atomic E-state index is -0.448. The molecule has 0 bridgehead atoms. The number of nitrogens with one attached hydrogen (secondary N) is 1. The van der Waals surface area contributed by atoms with Crippen LogP contribution in [0.25, 0.3) is 0 Å². The van der Waals surface area contributed by atoms with Gasteiger partial charge in [-0.3, -0.25) is 0 Å². The predicted octanol–water partition coefficient (Wildman–Crippen LogP) is 1.75. The Bertz CT molecular complexity index is 433. The van der Waals surface area contributed by atoms with E-state index in [0.717, 1.165) is 19.4 Å². The number of anilines is 1. The van der Waals surface area contributed by atoms with Crippen LogP contribution in [-0.4, -0.2) is 48.1 Å². The summed E-state index contributed by atoms with van der Waals surface area (Å²) in [6, 6.07) is 1.26. The van der Waals surface area contributed by atoms with Gasteiger partial charge >= 0.3 is 5.97 Å². The van der Waals surface area contributed by atoms with Crippen LogP contribution in [0.3, 0.4) is 0 Å². The Balaban J connectivity index is 1.91. The maximum Gasteiger partial charge on any atom is 0.360 e. The molecule has 2 heterocycles. The van der Waals surface area contributed by atoms with E-state index in [2.05, 4.69) is 29.2 Å². The van der Waals surface area contributed by atoms with Crippen LogP contribution in [0.1, 0.15) is 37.2 Å². The standard InChI is InChI=1S/C13H21N3O3/c1-4-18-12(17)11-8-19-13(15-11)14-10-5-6-16(3)9(2)7-10/h8-10H,4-7H2,1-3H3,(H,14,15). The zero-order valence-electron chi connectivity index (χ0n) is 11.7. The summed E-state index contributed by atoms with van der Waals surface area (Å²) in [6.45, 7) is 5.34. The number of esters is 1. The second kappa shape index (κ2) is 6.06. The molecular formula is C13H21N3O3. The molecule has 1 fully saturated rings. The molecule has 1 aliphatic rings. The largest absolute Gasteiger partial charge is 0.461 e. The Morgan fingerprint density at radius 1 is 1.68 bits per heavy atom. The van der Waals surface area contributed by atoms with E-state index in [-0.39, 0.29) is 5.69 Å². The molecule has 2 atom stereocenters. The van der Waals surface area contributed by atoms with Crippen molar-refractivity contribution in [3.63, 3.8) is 0 Å². The molecule has 1 aromatic heterocycles. The van der Waals surface area contributed by atoms with Crippen LogP contribution < -0.4 is 5.32 Å². The normalized spacial score (nSPS) is 24.2. The van der Waals surface area contributed by atoms with Crippen molar-refractivity contribution in [2.45, 2.75) is 38.8 Å². The Morgan fingerprint density at radius 3 is 3.16 bits per heavy atom. The highest BCUT2D eigenvalue weighted by Crippen LogP contribution is 2.19. The van der Waals surface area contributed by atoms with Gasteiger partial charge in [0.2, 0.25) is 0 Å². The van der Waals surface area contributed by atoms with E-state index in [0.29, 0.717) is 24.7 Å². The van der Waals surface area contributed by atoms with Gasteiger partial charge < -0.3 is 19.4 Å². The fourth-order valence-corrected chi connectivity index (χ4v) is 2.23. The lowest BCUT2D eigenvalue weighted by Crippen LogP contribution is -2.42. The number of ether oxygens (including phenoxy) is 1. The molecule has 0 spiro atoms. The van der Waals surface area contributed by atoms with Gasteiger partial charge in [0.1, 0.15) is 6.26 Å². The van der Waals surface area contributed by atoms with Gasteiger partial charge in [0.05, 0.1) is 6.61 Å². The number of hydrogen-bond donors (Lipinski definition) is 1. The number of aromatic nitrogens is 1. The first kappa shape index (κ1) is 13.9. The predicted molar refractivity (Wildman–Crippen MR) is 71.2 cm³/mol. The lowest BCUT2D eigenvalue weighted by atomic mass is 9.99. The summed E-state index contributed by atoms with van der Waals surface area (Å²) < 4.78 is 10.1. The van der Waals surface area contributed by atoms with E-state index < -0.39 is 5.97 Å². The molecule has 19 heavy (non-hydrogen) atoms. The zero-order chi connectivity index (χ0) is 13.8. The van der Waals surface area contributed by atoms with Crippen LogP contribution in [-0.2, 0) is 4.74 Å². The van der Waals surface area contributed by atoms with Crippen LogP contribution >= 0.6 is 0 Å². The van der Waals surface area contributed by atoms with Crippen LogP contribution in [0.2, 0.25) is 0 Å². The highest BCUT2D eigenvalue weighted by atomic mass is 16.5. The molecule has 6 nitrogen and oxygen atoms in total. The molecule has 1 aromatic rings. The van der Waals surface area contributed by atoms with Crippen molar-refractivity contribution in [2.24, 2.45) is 0 Å². The van der Waals surface area contributed by atoms with Crippen LogP contribution in [0.4, 0.5) is 6.01 Å². The highest BCUT2D eigenvalue weighted by molar-refractivity contribution is 5.87. The van der Waals surface area contributed by atoms with E-state index in [4.69, 9.17) is 9.15 Å². The van der Waals surface area contributed by atoms with E-state index >= 15 is 0 Å². The summed E-state index contributed by atoms with van der Waals surface area (Å²) in [7, 11) is 2.13. The van der Waals surface area contributed by atoms with Crippen molar-refractivity contribution >= 4 is 12.0 Å². The molecule has 0 aliphatic carbocycles. The minimum Gasteiger partial charge on any atom is -0.461 e. The van der Waals surface area contributed by atoms with E-state index in [9.17, 15) is 4.79 Å². The van der Waals surface area contributed by atoms with Gasteiger partial charge in [0, 0.05) is 18.6 Å². The number of rotatable bonds is 4. The molecule has 1 N–H and O–H groups in total. The van der Waals surface area contributed by atoms with E-state index in [1.54, 1.807) is 6.92 Å². The number of hydrogen-bond acceptors (Lipinski definition) is 6. The van der Waals surface area contributed by atoms with Crippen molar-refractivity contribution < 1.29 is 13.9 Å². The minimum absolute atomic E-state index is 0.213. The molecule has 6 heteroatoms. The molecule has 2 rings (SSSR count). The summed E-state index contributed by atoms with van der Waals surface area (Å²) in [6.07, 6.45) is 3.41. The van der Waals surface area contributed by atoms with Crippen LogP contribution in [0, 0.1) is 0 Å². The number of piperidine rings is 1. The summed E-state index contributed by atoms with van der Waals surface area (Å²) in [5.41, 5.74) is 0.213. The van der Waals surface area contributed by atoms with Crippen molar-refractivity contribution in [1.82, 2.24) is 9.88 Å². The molecule has 0 saturated carbocycles. The van der Waals surface area contributed by atoms with Crippen LogP contribution in [0.5, 0.6) is 0 Å². The first-order chi connectivity index (χ1) is 9.10. The van der Waals surface area contributed by atoms with E-state index in [1.807, 2.05) is 0 Å². The lowest BCUT2D eigenvalue weighted by Gasteiger charge is -2.34. The molecule has 1 saturated heterocycles. The maximum absolute atomic E-state index is 11.5. The second-order valence-electron chi connectivity index (χ2n) is 4.95. The van der Waals surface area contributed by atoms with Gasteiger partial charge in [-0.05, 0) is 33.7 Å².